The van der Waals surface area contributed by atoms with Gasteiger partial charge in [-0.15, -0.1) is 11.3 Å². The maximum atomic E-state index is 12.7. The number of thiophene rings is 1. The fourth-order valence-corrected chi connectivity index (χ4v) is 3.82. The lowest BCUT2D eigenvalue weighted by atomic mass is 10.2. The summed E-state index contributed by atoms with van der Waals surface area (Å²) >= 11 is 2.99. The molecule has 118 valence electrons. The van der Waals surface area contributed by atoms with Crippen LogP contribution in [-0.4, -0.2) is 34.0 Å². The van der Waals surface area contributed by atoms with Crippen molar-refractivity contribution in [2.24, 2.45) is 0 Å². The van der Waals surface area contributed by atoms with Gasteiger partial charge in [-0.3, -0.25) is 4.79 Å². The quantitative estimate of drug-likeness (QED) is 0.744. The molecule has 3 aromatic rings. The van der Waals surface area contributed by atoms with E-state index in [0.29, 0.717) is 18.0 Å². The number of aromatic nitrogens is 1. The molecule has 2 heterocycles. The van der Waals surface area contributed by atoms with Gasteiger partial charge in [-0.2, -0.15) is 11.3 Å². The lowest BCUT2D eigenvalue weighted by Crippen LogP contribution is -2.32. The zero-order chi connectivity index (χ0) is 16.1. The summed E-state index contributed by atoms with van der Waals surface area (Å²) in [5.41, 5.74) is 2.08. The lowest BCUT2D eigenvalue weighted by molar-refractivity contribution is 0.0712. The summed E-state index contributed by atoms with van der Waals surface area (Å²) in [6, 6.07) is 11.8. The number of aliphatic hydroxyl groups excluding tert-OH is 1. The maximum absolute atomic E-state index is 12.7. The molecule has 0 radical (unpaired) electrons. The van der Waals surface area contributed by atoms with E-state index in [0.717, 1.165) is 16.1 Å². The van der Waals surface area contributed by atoms with Crippen LogP contribution in [0.3, 0.4) is 0 Å². The predicted molar refractivity (Wildman–Crippen MR) is 93.7 cm³/mol. The fraction of sp³-hybridized carbons (Fsp3) is 0.176. The number of nitrogens with zero attached hydrogens (tertiary/aromatic N) is 2. The molecule has 0 spiro atoms. The summed E-state index contributed by atoms with van der Waals surface area (Å²) < 4.78 is 0. The van der Waals surface area contributed by atoms with Crippen LogP contribution in [0.4, 0.5) is 0 Å². The minimum atomic E-state index is -0.0955. The van der Waals surface area contributed by atoms with E-state index in [1.165, 1.54) is 11.3 Å². The summed E-state index contributed by atoms with van der Waals surface area (Å²) in [7, 11) is 0. The number of carbonyl (C=O) groups is 1. The molecule has 0 aliphatic carbocycles. The van der Waals surface area contributed by atoms with Crippen LogP contribution in [0.2, 0.25) is 0 Å². The third kappa shape index (κ3) is 3.85. The van der Waals surface area contributed by atoms with Crippen LogP contribution in [0, 0.1) is 0 Å². The Balaban J connectivity index is 1.78. The van der Waals surface area contributed by atoms with Crippen molar-refractivity contribution in [3.63, 3.8) is 0 Å². The van der Waals surface area contributed by atoms with E-state index in [4.69, 9.17) is 0 Å². The first-order valence-corrected chi connectivity index (χ1v) is 8.96. The van der Waals surface area contributed by atoms with Gasteiger partial charge in [0.1, 0.15) is 9.88 Å². The number of hydrogen-bond donors (Lipinski definition) is 1. The third-order valence-electron chi connectivity index (χ3n) is 3.36. The molecule has 0 unspecified atom stereocenters. The molecule has 0 fully saturated rings. The second-order valence-corrected chi connectivity index (χ2v) is 6.79. The molecule has 2 aromatic heterocycles. The molecule has 0 aliphatic rings. The van der Waals surface area contributed by atoms with Gasteiger partial charge in [0.15, 0.2) is 0 Å². The molecule has 4 nitrogen and oxygen atoms in total. The SMILES string of the molecule is O=C(c1cnc(-c2ccsc2)s1)N(CCO)Cc1ccccc1. The minimum Gasteiger partial charge on any atom is -0.395 e. The van der Waals surface area contributed by atoms with Crippen LogP contribution in [0.25, 0.3) is 10.6 Å². The average Bonchev–Trinajstić information content (AvgIpc) is 3.26. The van der Waals surface area contributed by atoms with E-state index in [-0.39, 0.29) is 12.5 Å². The highest BCUT2D eigenvalue weighted by Crippen LogP contribution is 2.27. The molecule has 0 bridgehead atoms. The van der Waals surface area contributed by atoms with Gasteiger partial charge in [-0.25, -0.2) is 4.98 Å². The normalized spacial score (nSPS) is 10.7. The second-order valence-electron chi connectivity index (χ2n) is 4.98. The summed E-state index contributed by atoms with van der Waals surface area (Å²) in [4.78, 5) is 19.3. The number of benzene rings is 1. The number of thiazole rings is 1. The van der Waals surface area contributed by atoms with Crippen molar-refractivity contribution in [2.75, 3.05) is 13.2 Å². The Bertz CT molecular complexity index is 754. The van der Waals surface area contributed by atoms with Gasteiger partial charge in [-0.05, 0) is 17.0 Å². The van der Waals surface area contributed by atoms with Gasteiger partial charge in [-0.1, -0.05) is 30.3 Å². The van der Waals surface area contributed by atoms with Crippen LogP contribution in [0.15, 0.2) is 53.4 Å². The van der Waals surface area contributed by atoms with Gasteiger partial charge >= 0.3 is 0 Å². The molecule has 0 saturated carbocycles. The number of aliphatic hydroxyl groups is 1. The van der Waals surface area contributed by atoms with Crippen LogP contribution >= 0.6 is 22.7 Å². The zero-order valence-corrected chi connectivity index (χ0v) is 14.0. The molecular weight excluding hydrogens is 328 g/mol. The van der Waals surface area contributed by atoms with Crippen molar-refractivity contribution in [3.05, 3.63) is 63.8 Å². The highest BCUT2D eigenvalue weighted by molar-refractivity contribution is 7.17. The Kier molecular flexibility index (Phi) is 5.17. The van der Waals surface area contributed by atoms with Crippen molar-refractivity contribution >= 4 is 28.6 Å². The molecular formula is C17H16N2O2S2. The topological polar surface area (TPSA) is 53.4 Å². The number of hydrogen-bond acceptors (Lipinski definition) is 5. The highest BCUT2D eigenvalue weighted by atomic mass is 32.1. The van der Waals surface area contributed by atoms with Crippen molar-refractivity contribution in [1.82, 2.24) is 9.88 Å². The van der Waals surface area contributed by atoms with Crippen LogP contribution in [0.1, 0.15) is 15.2 Å². The van der Waals surface area contributed by atoms with Crippen LogP contribution in [0.5, 0.6) is 0 Å². The Labute approximate surface area is 142 Å². The second kappa shape index (κ2) is 7.50. The number of carbonyl (C=O) groups excluding carboxylic acids is 1. The predicted octanol–water partition coefficient (Wildman–Crippen LogP) is 3.51. The first-order chi connectivity index (χ1) is 11.3. The van der Waals surface area contributed by atoms with Crippen molar-refractivity contribution in [3.8, 4) is 10.6 Å². The Hall–Kier alpha value is -2.02. The Morgan fingerprint density at radius 3 is 2.74 bits per heavy atom. The third-order valence-corrected chi connectivity index (χ3v) is 5.08. The largest absolute Gasteiger partial charge is 0.395 e. The molecule has 1 amide bonds. The first-order valence-electron chi connectivity index (χ1n) is 7.20. The molecule has 0 aliphatic heterocycles. The summed E-state index contributed by atoms with van der Waals surface area (Å²) in [5, 5.41) is 14.1. The Morgan fingerprint density at radius 1 is 1.22 bits per heavy atom. The zero-order valence-electron chi connectivity index (χ0n) is 12.4. The van der Waals surface area contributed by atoms with Crippen molar-refractivity contribution in [2.45, 2.75) is 6.54 Å². The summed E-state index contributed by atoms with van der Waals surface area (Å²) in [6.07, 6.45) is 1.62. The van der Waals surface area contributed by atoms with Gasteiger partial charge in [0.2, 0.25) is 0 Å². The summed E-state index contributed by atoms with van der Waals surface area (Å²) in [6.45, 7) is 0.722. The molecule has 3 rings (SSSR count). The molecule has 6 heteroatoms. The minimum absolute atomic E-state index is 0.0607. The van der Waals surface area contributed by atoms with Crippen molar-refractivity contribution in [1.29, 1.82) is 0 Å². The molecule has 1 N–H and O–H groups in total. The van der Waals surface area contributed by atoms with Gasteiger partial charge in [0.05, 0.1) is 12.8 Å². The van der Waals surface area contributed by atoms with Crippen LogP contribution < -0.4 is 0 Å². The summed E-state index contributed by atoms with van der Waals surface area (Å²) in [5.74, 6) is -0.0955. The first kappa shape index (κ1) is 15.9. The van der Waals surface area contributed by atoms with E-state index >= 15 is 0 Å². The molecule has 0 saturated heterocycles. The van der Waals surface area contributed by atoms with Gasteiger partial charge in [0, 0.05) is 24.0 Å². The molecule has 23 heavy (non-hydrogen) atoms. The maximum Gasteiger partial charge on any atom is 0.265 e. The Morgan fingerprint density at radius 2 is 2.04 bits per heavy atom. The van der Waals surface area contributed by atoms with E-state index in [9.17, 15) is 9.90 Å². The lowest BCUT2D eigenvalue weighted by Gasteiger charge is -2.21. The standard InChI is InChI=1S/C17H16N2O2S2/c20-8-7-19(11-13-4-2-1-3-5-13)17(21)15-10-18-16(23-15)14-6-9-22-12-14/h1-6,9-10,12,20H,7-8,11H2. The van der Waals surface area contributed by atoms with E-state index in [1.807, 2.05) is 47.2 Å². The molecule has 0 atom stereocenters. The van der Waals surface area contributed by atoms with E-state index < -0.39 is 0 Å². The molecule has 1 aromatic carbocycles. The van der Waals surface area contributed by atoms with Crippen molar-refractivity contribution < 1.29 is 9.90 Å². The fourth-order valence-electron chi connectivity index (χ4n) is 2.23. The monoisotopic (exact) mass is 344 g/mol. The number of rotatable bonds is 6. The van der Waals surface area contributed by atoms with Crippen LogP contribution in [-0.2, 0) is 6.54 Å². The smallest absolute Gasteiger partial charge is 0.265 e. The van der Waals surface area contributed by atoms with E-state index in [2.05, 4.69) is 4.98 Å². The average molecular weight is 344 g/mol. The number of amides is 1. The van der Waals surface area contributed by atoms with Gasteiger partial charge < -0.3 is 10.0 Å². The van der Waals surface area contributed by atoms with Gasteiger partial charge in [0.25, 0.3) is 5.91 Å². The highest BCUT2D eigenvalue weighted by Gasteiger charge is 2.19. The van der Waals surface area contributed by atoms with E-state index in [1.54, 1.807) is 22.4 Å².